The molecule has 0 bridgehead atoms. The van der Waals surface area contributed by atoms with Crippen LogP contribution in [0.1, 0.15) is 12.8 Å². The van der Waals surface area contributed by atoms with Crippen LogP contribution in [0.3, 0.4) is 0 Å². The summed E-state index contributed by atoms with van der Waals surface area (Å²) in [7, 11) is 2.80. The van der Waals surface area contributed by atoms with Gasteiger partial charge in [-0.05, 0) is 12.8 Å². The third kappa shape index (κ3) is 7.81. The number of likely N-dealkylation sites (N-methyl/N-ethyl adjacent to an activating group) is 1. The summed E-state index contributed by atoms with van der Waals surface area (Å²) in [5.74, 6) is -1.46. The van der Waals surface area contributed by atoms with Gasteiger partial charge in [0.25, 0.3) is 0 Å². The number of alkyl halides is 3. The SMILES string of the molecule is CN(C)C(=O)CN(CC(=O)NC(=O)NC1CC1)CC(F)(F)F. The highest BCUT2D eigenvalue weighted by atomic mass is 19.4. The summed E-state index contributed by atoms with van der Waals surface area (Å²) >= 11 is 0. The Labute approximate surface area is 125 Å². The molecule has 126 valence electrons. The number of hydrogen-bond acceptors (Lipinski definition) is 4. The molecule has 10 heteroatoms. The number of halogens is 3. The van der Waals surface area contributed by atoms with E-state index >= 15 is 0 Å². The summed E-state index contributed by atoms with van der Waals surface area (Å²) in [5, 5.41) is 4.43. The summed E-state index contributed by atoms with van der Waals surface area (Å²) in [6.45, 7) is -2.68. The van der Waals surface area contributed by atoms with Gasteiger partial charge >= 0.3 is 12.2 Å². The lowest BCUT2D eigenvalue weighted by molar-refractivity contribution is -0.152. The van der Waals surface area contributed by atoms with Crippen molar-refractivity contribution in [2.45, 2.75) is 25.1 Å². The van der Waals surface area contributed by atoms with Crippen LogP contribution < -0.4 is 10.6 Å². The van der Waals surface area contributed by atoms with Gasteiger partial charge in [-0.1, -0.05) is 0 Å². The molecule has 0 atom stereocenters. The van der Waals surface area contributed by atoms with Crippen LogP contribution in [0.15, 0.2) is 0 Å². The molecule has 0 unspecified atom stereocenters. The van der Waals surface area contributed by atoms with Crippen LogP contribution >= 0.6 is 0 Å². The van der Waals surface area contributed by atoms with Crippen molar-refractivity contribution in [1.29, 1.82) is 0 Å². The normalized spacial score (nSPS) is 14.6. The van der Waals surface area contributed by atoms with E-state index in [9.17, 15) is 27.6 Å². The molecule has 0 spiro atoms. The van der Waals surface area contributed by atoms with Crippen molar-refractivity contribution in [3.8, 4) is 0 Å². The molecule has 4 amide bonds. The van der Waals surface area contributed by atoms with Crippen LogP contribution in [-0.4, -0.2) is 73.6 Å². The minimum atomic E-state index is -4.55. The highest BCUT2D eigenvalue weighted by Gasteiger charge is 2.33. The first-order valence-electron chi connectivity index (χ1n) is 6.66. The van der Waals surface area contributed by atoms with E-state index in [1.54, 1.807) is 0 Å². The van der Waals surface area contributed by atoms with E-state index in [0.717, 1.165) is 17.7 Å². The molecule has 0 saturated heterocycles. The van der Waals surface area contributed by atoms with Gasteiger partial charge in [-0.15, -0.1) is 0 Å². The number of amides is 4. The van der Waals surface area contributed by atoms with E-state index in [1.807, 2.05) is 5.32 Å². The van der Waals surface area contributed by atoms with E-state index in [4.69, 9.17) is 0 Å². The van der Waals surface area contributed by atoms with Crippen molar-refractivity contribution in [3.05, 3.63) is 0 Å². The minimum Gasteiger partial charge on any atom is -0.348 e. The first-order valence-corrected chi connectivity index (χ1v) is 6.66. The molecule has 0 heterocycles. The van der Waals surface area contributed by atoms with E-state index in [2.05, 4.69) is 5.32 Å². The van der Waals surface area contributed by atoms with Crippen LogP contribution in [0.2, 0.25) is 0 Å². The average Bonchev–Trinajstić information content (AvgIpc) is 3.09. The summed E-state index contributed by atoms with van der Waals surface area (Å²) in [6.07, 6.45) is -2.92. The van der Waals surface area contributed by atoms with Crippen molar-refractivity contribution in [1.82, 2.24) is 20.4 Å². The maximum atomic E-state index is 12.5. The topological polar surface area (TPSA) is 81.8 Å². The van der Waals surface area contributed by atoms with Crippen molar-refractivity contribution < 1.29 is 27.6 Å². The fraction of sp³-hybridized carbons (Fsp3) is 0.750. The lowest BCUT2D eigenvalue weighted by Crippen LogP contribution is -2.49. The van der Waals surface area contributed by atoms with Gasteiger partial charge in [0.2, 0.25) is 11.8 Å². The molecule has 1 saturated carbocycles. The van der Waals surface area contributed by atoms with Gasteiger partial charge in [0.05, 0.1) is 19.6 Å². The second-order valence-electron chi connectivity index (χ2n) is 5.34. The number of imide groups is 1. The van der Waals surface area contributed by atoms with Gasteiger partial charge in [-0.3, -0.25) is 19.8 Å². The molecule has 22 heavy (non-hydrogen) atoms. The summed E-state index contributed by atoms with van der Waals surface area (Å²) in [4.78, 5) is 36.2. The molecule has 2 N–H and O–H groups in total. The molecule has 7 nitrogen and oxygen atoms in total. The zero-order chi connectivity index (χ0) is 16.9. The van der Waals surface area contributed by atoms with Gasteiger partial charge in [-0.25, -0.2) is 4.79 Å². The van der Waals surface area contributed by atoms with Gasteiger partial charge in [0, 0.05) is 20.1 Å². The minimum absolute atomic E-state index is 0.0226. The number of hydrogen-bond donors (Lipinski definition) is 2. The monoisotopic (exact) mass is 324 g/mol. The maximum Gasteiger partial charge on any atom is 0.401 e. The van der Waals surface area contributed by atoms with Crippen molar-refractivity contribution in [2.24, 2.45) is 0 Å². The van der Waals surface area contributed by atoms with E-state index in [1.165, 1.54) is 14.1 Å². The predicted octanol–water partition coefficient (Wildman–Crippen LogP) is -0.0729. The number of urea groups is 1. The molecule has 0 aliphatic heterocycles. The van der Waals surface area contributed by atoms with Crippen molar-refractivity contribution >= 4 is 17.8 Å². The third-order valence-electron chi connectivity index (χ3n) is 2.79. The molecule has 1 aliphatic carbocycles. The number of carbonyl (C=O) groups excluding carboxylic acids is 3. The molecule has 0 aromatic heterocycles. The first-order chi connectivity index (χ1) is 10.1. The van der Waals surface area contributed by atoms with Gasteiger partial charge in [-0.2, -0.15) is 13.2 Å². The molecular formula is C12H19F3N4O3. The Bertz CT molecular complexity index is 436. The fourth-order valence-corrected chi connectivity index (χ4v) is 1.57. The summed E-state index contributed by atoms with van der Waals surface area (Å²) in [5.41, 5.74) is 0. The second kappa shape index (κ2) is 7.43. The average molecular weight is 324 g/mol. The van der Waals surface area contributed by atoms with Crippen molar-refractivity contribution in [3.63, 3.8) is 0 Å². The van der Waals surface area contributed by atoms with E-state index in [0.29, 0.717) is 4.90 Å². The van der Waals surface area contributed by atoms with Crippen LogP contribution in [0, 0.1) is 0 Å². The highest BCUT2D eigenvalue weighted by Crippen LogP contribution is 2.18. The van der Waals surface area contributed by atoms with Gasteiger partial charge in [0.1, 0.15) is 0 Å². The Hall–Kier alpha value is -1.84. The lowest BCUT2D eigenvalue weighted by atomic mass is 10.4. The van der Waals surface area contributed by atoms with Crippen LogP contribution in [-0.2, 0) is 9.59 Å². The van der Waals surface area contributed by atoms with E-state index in [-0.39, 0.29) is 6.04 Å². The number of nitrogens with zero attached hydrogens (tertiary/aromatic N) is 2. The first kappa shape index (κ1) is 18.2. The van der Waals surface area contributed by atoms with Crippen molar-refractivity contribution in [2.75, 3.05) is 33.7 Å². The summed E-state index contributed by atoms with van der Waals surface area (Å²) in [6, 6.07) is -0.715. The Morgan fingerprint density at radius 1 is 1.14 bits per heavy atom. The summed E-state index contributed by atoms with van der Waals surface area (Å²) < 4.78 is 37.4. The molecule has 1 rings (SSSR count). The lowest BCUT2D eigenvalue weighted by Gasteiger charge is -2.23. The molecular weight excluding hydrogens is 305 g/mol. The number of carbonyl (C=O) groups is 3. The standard InChI is InChI=1S/C12H19F3N4O3/c1-18(2)10(21)6-19(7-12(13,14)15)5-9(20)17-11(22)16-8-3-4-8/h8H,3-7H2,1-2H3,(H2,16,17,20,22). The zero-order valence-electron chi connectivity index (χ0n) is 12.4. The second-order valence-corrected chi connectivity index (χ2v) is 5.34. The Balaban J connectivity index is 2.51. The highest BCUT2D eigenvalue weighted by molar-refractivity contribution is 5.95. The Kier molecular flexibility index (Phi) is 6.15. The smallest absolute Gasteiger partial charge is 0.348 e. The quantitative estimate of drug-likeness (QED) is 0.716. The molecule has 1 fully saturated rings. The maximum absolute atomic E-state index is 12.5. The van der Waals surface area contributed by atoms with Gasteiger partial charge in [0.15, 0.2) is 0 Å². The van der Waals surface area contributed by atoms with Crippen LogP contribution in [0.25, 0.3) is 0 Å². The Morgan fingerprint density at radius 3 is 2.18 bits per heavy atom. The largest absolute Gasteiger partial charge is 0.401 e. The fourth-order valence-electron chi connectivity index (χ4n) is 1.57. The predicted molar refractivity (Wildman–Crippen MR) is 70.9 cm³/mol. The Morgan fingerprint density at radius 2 is 1.73 bits per heavy atom. The molecule has 0 aromatic rings. The van der Waals surface area contributed by atoms with Crippen LogP contribution in [0.4, 0.5) is 18.0 Å². The molecule has 1 aliphatic rings. The number of rotatable bonds is 6. The molecule has 0 aromatic carbocycles. The zero-order valence-corrected chi connectivity index (χ0v) is 12.4. The van der Waals surface area contributed by atoms with Gasteiger partial charge < -0.3 is 10.2 Å². The number of nitrogens with one attached hydrogen (secondary N) is 2. The van der Waals surface area contributed by atoms with Crippen LogP contribution in [0.5, 0.6) is 0 Å². The third-order valence-corrected chi connectivity index (χ3v) is 2.79. The van der Waals surface area contributed by atoms with E-state index < -0.39 is 43.7 Å². The molecule has 0 radical (unpaired) electrons.